The molecule has 0 spiro atoms. The van der Waals surface area contributed by atoms with Crippen LogP contribution in [0.3, 0.4) is 0 Å². The monoisotopic (exact) mass is 659 g/mol. The summed E-state index contributed by atoms with van der Waals surface area (Å²) < 4.78 is 10.3. The number of unbranched alkanes of at least 4 members (excludes halogenated alkanes) is 26. The van der Waals surface area contributed by atoms with Crippen molar-refractivity contribution in [1.82, 2.24) is 0 Å². The Bertz CT molecular complexity index is 874. The molecular formula is C41H74N2O4. The highest BCUT2D eigenvalue weighted by molar-refractivity contribution is 5.67. The van der Waals surface area contributed by atoms with Gasteiger partial charge in [0.25, 0.3) is 6.29 Å². The Morgan fingerprint density at radius 2 is 0.809 bits per heavy atom. The first kappa shape index (κ1) is 42.8. The van der Waals surface area contributed by atoms with Gasteiger partial charge < -0.3 is 20.9 Å². The number of amides is 2. The van der Waals surface area contributed by atoms with Gasteiger partial charge in [-0.05, 0) is 36.8 Å². The van der Waals surface area contributed by atoms with E-state index in [-0.39, 0.29) is 0 Å². The predicted molar refractivity (Wildman–Crippen MR) is 199 cm³/mol. The highest BCUT2D eigenvalue weighted by Gasteiger charge is 2.22. The van der Waals surface area contributed by atoms with Crippen LogP contribution in [0.2, 0.25) is 0 Å². The second kappa shape index (κ2) is 31.1. The Morgan fingerprint density at radius 1 is 0.489 bits per heavy atom. The average molecular weight is 659 g/mol. The van der Waals surface area contributed by atoms with Gasteiger partial charge >= 0.3 is 12.2 Å². The second-order valence-electron chi connectivity index (χ2n) is 13.9. The van der Waals surface area contributed by atoms with Crippen molar-refractivity contribution in [1.29, 1.82) is 0 Å². The molecule has 0 aliphatic carbocycles. The SMILES string of the molecule is CCCCCCCCCCCCCCCCc1ccc(C(OC(N)=O)OC(N)=O)c(CCCCCCCCCCCCCCCC)c1. The number of nitrogens with two attached hydrogens (primary N) is 2. The molecule has 0 aliphatic heterocycles. The number of carbonyl (C=O) groups excluding carboxylic acids is 2. The molecule has 0 radical (unpaired) electrons. The van der Waals surface area contributed by atoms with Gasteiger partial charge in [0.15, 0.2) is 0 Å². The standard InChI is InChI=1S/C41H74N2O4/c1-3-5-7-9-11-13-15-17-19-21-23-25-27-29-31-36-33-34-38(39(46-40(42)44)47-41(43)45)37(35-36)32-30-28-26-24-22-20-18-16-14-12-10-8-6-4-2/h33-35,39H,3-32H2,1-2H3,(H2,42,44)(H2,43,45). The molecule has 0 saturated heterocycles. The third kappa shape index (κ3) is 25.4. The maximum Gasteiger partial charge on any atom is 0.407 e. The lowest BCUT2D eigenvalue weighted by molar-refractivity contribution is -0.0583. The fourth-order valence-electron chi connectivity index (χ4n) is 6.66. The van der Waals surface area contributed by atoms with E-state index in [2.05, 4.69) is 19.9 Å². The third-order valence-corrected chi connectivity index (χ3v) is 9.53. The highest BCUT2D eigenvalue weighted by Crippen LogP contribution is 2.27. The number of hydrogen-bond acceptors (Lipinski definition) is 4. The summed E-state index contributed by atoms with van der Waals surface area (Å²) in [6, 6.07) is 6.16. The van der Waals surface area contributed by atoms with Crippen molar-refractivity contribution in [3.05, 3.63) is 34.9 Å². The van der Waals surface area contributed by atoms with Crippen molar-refractivity contribution in [2.75, 3.05) is 0 Å². The zero-order chi connectivity index (χ0) is 34.2. The van der Waals surface area contributed by atoms with Gasteiger partial charge in [-0.3, -0.25) is 0 Å². The first-order valence-electron chi connectivity index (χ1n) is 20.0. The van der Waals surface area contributed by atoms with Crippen LogP contribution in [-0.4, -0.2) is 12.2 Å². The van der Waals surface area contributed by atoms with E-state index < -0.39 is 18.5 Å². The van der Waals surface area contributed by atoms with Crippen molar-refractivity contribution in [2.45, 2.75) is 213 Å². The van der Waals surface area contributed by atoms with Gasteiger partial charge in [0.2, 0.25) is 0 Å². The van der Waals surface area contributed by atoms with Crippen LogP contribution in [0.1, 0.15) is 217 Å². The molecule has 47 heavy (non-hydrogen) atoms. The smallest absolute Gasteiger partial charge is 0.405 e. The molecule has 0 saturated carbocycles. The quantitative estimate of drug-likeness (QED) is 0.0579. The van der Waals surface area contributed by atoms with Gasteiger partial charge in [-0.25, -0.2) is 9.59 Å². The molecule has 6 heteroatoms. The van der Waals surface area contributed by atoms with E-state index in [1.54, 1.807) is 0 Å². The maximum absolute atomic E-state index is 11.6. The van der Waals surface area contributed by atoms with Crippen molar-refractivity contribution in [3.8, 4) is 0 Å². The van der Waals surface area contributed by atoms with Crippen molar-refractivity contribution in [2.24, 2.45) is 11.5 Å². The zero-order valence-corrected chi connectivity index (χ0v) is 30.8. The Morgan fingerprint density at radius 3 is 1.15 bits per heavy atom. The van der Waals surface area contributed by atoms with Crippen LogP contribution in [0.15, 0.2) is 18.2 Å². The Hall–Kier alpha value is -2.24. The molecule has 0 atom stereocenters. The van der Waals surface area contributed by atoms with Gasteiger partial charge in [0.05, 0.1) is 0 Å². The van der Waals surface area contributed by atoms with Gasteiger partial charge in [0.1, 0.15) is 0 Å². The molecule has 0 aromatic heterocycles. The van der Waals surface area contributed by atoms with E-state index in [1.807, 2.05) is 12.1 Å². The van der Waals surface area contributed by atoms with E-state index in [0.29, 0.717) is 5.56 Å². The first-order chi connectivity index (χ1) is 23.0. The Balaban J connectivity index is 2.41. The van der Waals surface area contributed by atoms with Gasteiger partial charge in [-0.15, -0.1) is 0 Å². The van der Waals surface area contributed by atoms with Crippen molar-refractivity contribution >= 4 is 12.2 Å². The number of ether oxygens (including phenoxy) is 2. The van der Waals surface area contributed by atoms with Crippen molar-refractivity contribution in [3.63, 3.8) is 0 Å². The molecule has 0 aliphatic rings. The molecule has 0 bridgehead atoms. The lowest BCUT2D eigenvalue weighted by Crippen LogP contribution is -2.25. The summed E-state index contributed by atoms with van der Waals surface area (Å²) in [5.41, 5.74) is 13.5. The minimum atomic E-state index is -1.22. The van der Waals surface area contributed by atoms with Crippen LogP contribution in [0.5, 0.6) is 0 Å². The van der Waals surface area contributed by atoms with E-state index >= 15 is 0 Å². The zero-order valence-electron chi connectivity index (χ0n) is 30.8. The van der Waals surface area contributed by atoms with Crippen LogP contribution in [0.25, 0.3) is 0 Å². The topological polar surface area (TPSA) is 105 Å². The molecule has 272 valence electrons. The largest absolute Gasteiger partial charge is 0.407 e. The van der Waals surface area contributed by atoms with Crippen LogP contribution in [0.4, 0.5) is 9.59 Å². The van der Waals surface area contributed by atoms with E-state index in [0.717, 1.165) is 37.7 Å². The van der Waals surface area contributed by atoms with E-state index in [9.17, 15) is 9.59 Å². The molecule has 1 aromatic carbocycles. The predicted octanol–water partition coefficient (Wildman–Crippen LogP) is 12.9. The molecule has 2 amide bonds. The summed E-state index contributed by atoms with van der Waals surface area (Å²) in [6.07, 6.45) is 36.0. The molecule has 0 heterocycles. The molecule has 0 fully saturated rings. The number of rotatable bonds is 33. The molecule has 0 unspecified atom stereocenters. The minimum Gasteiger partial charge on any atom is -0.405 e. The summed E-state index contributed by atoms with van der Waals surface area (Å²) in [6.45, 7) is 4.55. The van der Waals surface area contributed by atoms with Gasteiger partial charge in [-0.1, -0.05) is 199 Å². The summed E-state index contributed by atoms with van der Waals surface area (Å²) >= 11 is 0. The third-order valence-electron chi connectivity index (χ3n) is 9.53. The lowest BCUT2D eigenvalue weighted by Gasteiger charge is -2.20. The summed E-state index contributed by atoms with van der Waals surface area (Å²) in [5.74, 6) is 0. The second-order valence-corrected chi connectivity index (χ2v) is 13.9. The minimum absolute atomic E-state index is 0.655. The van der Waals surface area contributed by atoms with Crippen molar-refractivity contribution < 1.29 is 19.1 Å². The molecule has 6 nitrogen and oxygen atoms in total. The van der Waals surface area contributed by atoms with Crippen LogP contribution < -0.4 is 11.5 Å². The summed E-state index contributed by atoms with van der Waals surface area (Å²) in [5, 5.41) is 0. The molecule has 1 aromatic rings. The maximum atomic E-state index is 11.6. The van der Waals surface area contributed by atoms with Gasteiger partial charge in [0, 0.05) is 5.56 Å². The lowest BCUT2D eigenvalue weighted by atomic mass is 9.95. The normalized spacial score (nSPS) is 11.3. The van der Waals surface area contributed by atoms with Gasteiger partial charge in [-0.2, -0.15) is 0 Å². The molecule has 4 N–H and O–H groups in total. The number of hydrogen-bond donors (Lipinski definition) is 2. The van der Waals surface area contributed by atoms with E-state index in [1.165, 1.54) is 166 Å². The van der Waals surface area contributed by atoms with Crippen LogP contribution in [0, 0.1) is 0 Å². The first-order valence-corrected chi connectivity index (χ1v) is 20.0. The number of carbonyl (C=O) groups is 2. The summed E-state index contributed by atoms with van der Waals surface area (Å²) in [4.78, 5) is 23.1. The number of benzene rings is 1. The molecule has 1 rings (SSSR count). The van der Waals surface area contributed by atoms with E-state index in [4.69, 9.17) is 20.9 Å². The van der Waals surface area contributed by atoms with Crippen LogP contribution in [-0.2, 0) is 22.3 Å². The Labute approximate surface area is 289 Å². The number of primary amides is 2. The Kier molecular flexibility index (Phi) is 28.3. The fourth-order valence-corrected chi connectivity index (χ4v) is 6.66. The van der Waals surface area contributed by atoms with Crippen LogP contribution >= 0.6 is 0 Å². The fraction of sp³-hybridized carbons (Fsp3) is 0.805. The summed E-state index contributed by atoms with van der Waals surface area (Å²) in [7, 11) is 0. The average Bonchev–Trinajstić information content (AvgIpc) is 3.04. The molecular weight excluding hydrogens is 584 g/mol. The highest BCUT2D eigenvalue weighted by atomic mass is 16.7. The number of aryl methyl sites for hydroxylation is 2.